The molecule has 0 radical (unpaired) electrons. The van der Waals surface area contributed by atoms with Crippen molar-refractivity contribution in [3.63, 3.8) is 0 Å². The summed E-state index contributed by atoms with van der Waals surface area (Å²) in [4.78, 5) is 1.47. The van der Waals surface area contributed by atoms with Crippen molar-refractivity contribution in [2.45, 2.75) is 12.2 Å². The third-order valence-electron chi connectivity index (χ3n) is 1.30. The van der Waals surface area contributed by atoms with Gasteiger partial charge in [0.05, 0.1) is 0 Å². The zero-order valence-corrected chi connectivity index (χ0v) is 7.26. The van der Waals surface area contributed by atoms with E-state index in [-0.39, 0.29) is 0 Å². The van der Waals surface area contributed by atoms with Gasteiger partial charge in [-0.1, -0.05) is 6.07 Å². The SMILES string of the molecule is CSC(C)c1cccs1. The molecule has 1 aromatic heterocycles. The van der Waals surface area contributed by atoms with Crippen LogP contribution in [0.3, 0.4) is 0 Å². The Bertz CT molecular complexity index is 155. The first kappa shape index (κ1) is 7.16. The lowest BCUT2D eigenvalue weighted by molar-refractivity contribution is 1.15. The summed E-state index contributed by atoms with van der Waals surface area (Å²) in [5.41, 5.74) is 0. The van der Waals surface area contributed by atoms with E-state index in [9.17, 15) is 0 Å². The minimum Gasteiger partial charge on any atom is -0.157 e. The summed E-state index contributed by atoms with van der Waals surface area (Å²) in [6.45, 7) is 2.23. The van der Waals surface area contributed by atoms with E-state index < -0.39 is 0 Å². The second kappa shape index (κ2) is 3.28. The molecule has 1 rings (SSSR count). The molecular weight excluding hydrogens is 148 g/mol. The van der Waals surface area contributed by atoms with Crippen LogP contribution >= 0.6 is 23.1 Å². The molecule has 0 nitrogen and oxygen atoms in total. The van der Waals surface area contributed by atoms with Gasteiger partial charge >= 0.3 is 0 Å². The Morgan fingerprint density at radius 2 is 2.44 bits per heavy atom. The quantitative estimate of drug-likeness (QED) is 0.637. The third-order valence-corrected chi connectivity index (χ3v) is 3.46. The highest BCUT2D eigenvalue weighted by atomic mass is 32.2. The van der Waals surface area contributed by atoms with Crippen LogP contribution < -0.4 is 0 Å². The van der Waals surface area contributed by atoms with Crippen LogP contribution in [0.25, 0.3) is 0 Å². The molecule has 0 N–H and O–H groups in total. The van der Waals surface area contributed by atoms with Crippen molar-refractivity contribution < 1.29 is 0 Å². The van der Waals surface area contributed by atoms with Crippen LogP contribution in [0.5, 0.6) is 0 Å². The van der Waals surface area contributed by atoms with Crippen molar-refractivity contribution in [1.29, 1.82) is 0 Å². The Balaban J connectivity index is 2.65. The summed E-state index contributed by atoms with van der Waals surface area (Å²) < 4.78 is 0. The van der Waals surface area contributed by atoms with Gasteiger partial charge in [-0.05, 0) is 24.6 Å². The predicted octanol–water partition coefficient (Wildman–Crippen LogP) is 3.17. The van der Waals surface area contributed by atoms with Gasteiger partial charge < -0.3 is 0 Å². The first-order chi connectivity index (χ1) is 4.34. The molecule has 1 atom stereocenters. The van der Waals surface area contributed by atoms with E-state index in [4.69, 9.17) is 0 Å². The fourth-order valence-electron chi connectivity index (χ4n) is 0.639. The van der Waals surface area contributed by atoms with Crippen molar-refractivity contribution in [3.05, 3.63) is 22.4 Å². The molecular formula is C7H10S2. The Kier molecular flexibility index (Phi) is 2.61. The molecule has 1 aromatic rings. The van der Waals surface area contributed by atoms with E-state index in [1.807, 2.05) is 23.1 Å². The third kappa shape index (κ3) is 1.73. The largest absolute Gasteiger partial charge is 0.157 e. The van der Waals surface area contributed by atoms with Gasteiger partial charge in [-0.2, -0.15) is 11.8 Å². The van der Waals surface area contributed by atoms with E-state index in [1.54, 1.807) is 0 Å². The summed E-state index contributed by atoms with van der Waals surface area (Å²) >= 11 is 3.73. The second-order valence-corrected chi connectivity index (χ2v) is 4.05. The van der Waals surface area contributed by atoms with Crippen LogP contribution in [0.1, 0.15) is 17.1 Å². The number of thioether (sulfide) groups is 1. The van der Waals surface area contributed by atoms with Crippen LogP contribution in [0.4, 0.5) is 0 Å². The summed E-state index contributed by atoms with van der Waals surface area (Å²) in [5, 5.41) is 2.80. The summed E-state index contributed by atoms with van der Waals surface area (Å²) in [6, 6.07) is 4.29. The number of rotatable bonds is 2. The molecule has 0 aliphatic carbocycles. The average molecular weight is 158 g/mol. The van der Waals surface area contributed by atoms with Gasteiger partial charge in [-0.3, -0.25) is 0 Å². The topological polar surface area (TPSA) is 0 Å². The Hall–Kier alpha value is 0.0500. The Morgan fingerprint density at radius 3 is 2.89 bits per heavy atom. The molecule has 0 aromatic carbocycles. The molecule has 2 heteroatoms. The fraction of sp³-hybridized carbons (Fsp3) is 0.429. The monoisotopic (exact) mass is 158 g/mol. The standard InChI is InChI=1S/C7H10S2/c1-6(8-2)7-4-3-5-9-7/h3-6H,1-2H3. The summed E-state index contributed by atoms with van der Waals surface area (Å²) in [7, 11) is 0. The smallest absolute Gasteiger partial charge is 0.0360 e. The molecule has 9 heavy (non-hydrogen) atoms. The summed E-state index contributed by atoms with van der Waals surface area (Å²) in [6.07, 6.45) is 2.14. The van der Waals surface area contributed by atoms with E-state index in [0.29, 0.717) is 5.25 Å². The van der Waals surface area contributed by atoms with Crippen molar-refractivity contribution >= 4 is 23.1 Å². The Labute approximate surface area is 64.3 Å². The zero-order chi connectivity index (χ0) is 6.69. The molecule has 0 aliphatic heterocycles. The summed E-state index contributed by atoms with van der Waals surface area (Å²) in [5.74, 6) is 0. The lowest BCUT2D eigenvalue weighted by Crippen LogP contribution is -1.78. The van der Waals surface area contributed by atoms with Gasteiger partial charge in [0.1, 0.15) is 0 Å². The van der Waals surface area contributed by atoms with E-state index in [1.165, 1.54) is 4.88 Å². The van der Waals surface area contributed by atoms with Crippen LogP contribution in [-0.2, 0) is 0 Å². The molecule has 0 saturated heterocycles. The molecule has 50 valence electrons. The molecule has 0 aliphatic rings. The molecule has 0 bridgehead atoms. The Morgan fingerprint density at radius 1 is 1.67 bits per heavy atom. The highest BCUT2D eigenvalue weighted by Gasteiger charge is 2.01. The van der Waals surface area contributed by atoms with Crippen LogP contribution in [-0.4, -0.2) is 6.26 Å². The highest BCUT2D eigenvalue weighted by molar-refractivity contribution is 7.98. The highest BCUT2D eigenvalue weighted by Crippen LogP contribution is 2.28. The molecule has 0 saturated carbocycles. The van der Waals surface area contributed by atoms with Gasteiger partial charge in [-0.25, -0.2) is 0 Å². The number of hydrogen-bond donors (Lipinski definition) is 0. The second-order valence-electron chi connectivity index (χ2n) is 1.89. The van der Waals surface area contributed by atoms with E-state index in [0.717, 1.165) is 0 Å². The van der Waals surface area contributed by atoms with Gasteiger partial charge in [0.2, 0.25) is 0 Å². The maximum absolute atomic E-state index is 2.23. The maximum atomic E-state index is 2.23. The number of hydrogen-bond acceptors (Lipinski definition) is 2. The minimum atomic E-state index is 0.671. The molecule has 1 heterocycles. The van der Waals surface area contributed by atoms with Gasteiger partial charge in [0.15, 0.2) is 0 Å². The number of thiophene rings is 1. The van der Waals surface area contributed by atoms with Gasteiger partial charge in [-0.15, -0.1) is 11.3 Å². The first-order valence-electron chi connectivity index (χ1n) is 2.91. The molecule has 1 unspecified atom stereocenters. The van der Waals surface area contributed by atoms with Crippen molar-refractivity contribution in [1.82, 2.24) is 0 Å². The molecule has 0 amide bonds. The van der Waals surface area contributed by atoms with E-state index >= 15 is 0 Å². The van der Waals surface area contributed by atoms with Crippen molar-refractivity contribution in [2.24, 2.45) is 0 Å². The average Bonchev–Trinajstić information content (AvgIpc) is 2.37. The normalized spacial score (nSPS) is 13.6. The van der Waals surface area contributed by atoms with Crippen LogP contribution in [0.2, 0.25) is 0 Å². The fourth-order valence-corrected chi connectivity index (χ4v) is 2.07. The van der Waals surface area contributed by atoms with Crippen LogP contribution in [0, 0.1) is 0 Å². The first-order valence-corrected chi connectivity index (χ1v) is 5.07. The lowest BCUT2D eigenvalue weighted by atomic mass is 10.4. The van der Waals surface area contributed by atoms with Crippen molar-refractivity contribution in [3.8, 4) is 0 Å². The van der Waals surface area contributed by atoms with Gasteiger partial charge in [0, 0.05) is 10.1 Å². The predicted molar refractivity (Wildman–Crippen MR) is 46.2 cm³/mol. The maximum Gasteiger partial charge on any atom is 0.0360 e. The van der Waals surface area contributed by atoms with Crippen molar-refractivity contribution in [2.75, 3.05) is 6.26 Å². The van der Waals surface area contributed by atoms with Gasteiger partial charge in [0.25, 0.3) is 0 Å². The minimum absolute atomic E-state index is 0.671. The molecule has 0 fully saturated rings. The lowest BCUT2D eigenvalue weighted by Gasteiger charge is -2.01. The van der Waals surface area contributed by atoms with Crippen LogP contribution in [0.15, 0.2) is 17.5 Å². The van der Waals surface area contributed by atoms with E-state index in [2.05, 4.69) is 30.7 Å². The molecule has 0 spiro atoms. The zero-order valence-electron chi connectivity index (χ0n) is 5.63.